The van der Waals surface area contributed by atoms with Crippen molar-refractivity contribution in [1.82, 2.24) is 15.0 Å². The van der Waals surface area contributed by atoms with E-state index in [1.54, 1.807) is 0 Å². The van der Waals surface area contributed by atoms with Gasteiger partial charge in [-0.25, -0.2) is 15.0 Å². The molecule has 2 heterocycles. The Kier molecular flexibility index (Phi) is 7.37. The first-order valence-electron chi connectivity index (χ1n) is 20.8. The molecule has 1 aromatic heterocycles. The topological polar surface area (TPSA) is 41.9 Å². The Balaban J connectivity index is 1.28. The van der Waals surface area contributed by atoms with E-state index in [0.717, 1.165) is 33.5 Å². The van der Waals surface area contributed by atoms with Crippen LogP contribution in [0.25, 0.3) is 67.5 Å². The average Bonchev–Trinajstić information content (AvgIpc) is 3.72. The van der Waals surface area contributed by atoms with Crippen LogP contribution in [0.5, 0.6) is 0 Å². The van der Waals surface area contributed by atoms with Crippen molar-refractivity contribution in [3.8, 4) is 67.5 Å². The molecule has 3 aliphatic rings. The molecule has 1 unspecified atom stereocenters. The highest BCUT2D eigenvalue weighted by molar-refractivity contribution is 6.11. The van der Waals surface area contributed by atoms with E-state index in [1.165, 1.54) is 61.4 Å². The predicted molar refractivity (Wildman–Crippen MR) is 245 cm³/mol. The minimum Gasteiger partial charge on any atom is -0.309 e. The van der Waals surface area contributed by atoms with Crippen molar-refractivity contribution < 1.29 is 0 Å². The number of benzene rings is 8. The lowest BCUT2D eigenvalue weighted by atomic mass is 9.67. The number of hydrogen-bond acceptors (Lipinski definition) is 4. The molecule has 1 atom stereocenters. The molecule has 284 valence electrons. The number of anilines is 3. The zero-order chi connectivity index (χ0) is 40.2. The summed E-state index contributed by atoms with van der Waals surface area (Å²) < 4.78 is 0. The van der Waals surface area contributed by atoms with Crippen molar-refractivity contribution in [1.29, 1.82) is 0 Å². The molecule has 0 fully saturated rings. The molecule has 1 aliphatic heterocycles. The average molecular weight is 769 g/mol. The van der Waals surface area contributed by atoms with E-state index in [0.29, 0.717) is 17.5 Å². The summed E-state index contributed by atoms with van der Waals surface area (Å²) >= 11 is 0. The second-order valence-corrected chi connectivity index (χ2v) is 16.8. The van der Waals surface area contributed by atoms with Crippen molar-refractivity contribution in [2.45, 2.75) is 31.6 Å². The summed E-state index contributed by atoms with van der Waals surface area (Å²) in [5.74, 6) is 1.97. The molecule has 9 aromatic rings. The molecule has 0 amide bonds. The highest BCUT2D eigenvalue weighted by Gasteiger charge is 2.54. The van der Waals surface area contributed by atoms with Gasteiger partial charge in [-0.3, -0.25) is 0 Å². The van der Waals surface area contributed by atoms with Gasteiger partial charge in [0.15, 0.2) is 17.5 Å². The Morgan fingerprint density at radius 1 is 0.367 bits per heavy atom. The fourth-order valence-corrected chi connectivity index (χ4v) is 10.7. The molecule has 4 heteroatoms. The number of fused-ring (bicyclic) bond motifs is 9. The summed E-state index contributed by atoms with van der Waals surface area (Å²) in [7, 11) is 0. The summed E-state index contributed by atoms with van der Waals surface area (Å²) in [6, 6.07) is 67.3. The zero-order valence-electron chi connectivity index (χ0n) is 33.7. The number of aromatic nitrogens is 3. The van der Waals surface area contributed by atoms with Gasteiger partial charge in [0.1, 0.15) is 0 Å². The number of para-hydroxylation sites is 2. The third kappa shape index (κ3) is 4.70. The fraction of sp³-hybridized carbons (Fsp3) is 0.0893. The number of nitrogens with zero attached hydrogens (tertiary/aromatic N) is 4. The Hall–Kier alpha value is -7.43. The largest absolute Gasteiger partial charge is 0.309 e. The Bertz CT molecular complexity index is 3190. The standard InChI is InChI=1S/C56H40N4/c1-55(2)42-31-17-15-29-40(42)46-48(54-58-52(36-23-9-5-10-24-36)57-53(59-54)39-28-14-13-27-38(39)35-21-7-4-8-22-35)47-41-30-16-18-32-43(41)56(3)44-33-19-20-34-45(44)60(37-25-11-6-12-26-37)51(49(46)55)50(47)56/h4-34H,1-3H3. The van der Waals surface area contributed by atoms with Gasteiger partial charge in [-0.1, -0.05) is 184 Å². The molecule has 2 aliphatic carbocycles. The molecule has 4 nitrogen and oxygen atoms in total. The Morgan fingerprint density at radius 2 is 0.850 bits per heavy atom. The monoisotopic (exact) mass is 768 g/mol. The quantitative estimate of drug-likeness (QED) is 0.175. The van der Waals surface area contributed by atoms with E-state index < -0.39 is 5.41 Å². The van der Waals surface area contributed by atoms with Crippen molar-refractivity contribution in [2.24, 2.45) is 0 Å². The highest BCUT2D eigenvalue weighted by Crippen LogP contribution is 2.69. The lowest BCUT2D eigenvalue weighted by Gasteiger charge is -2.45. The predicted octanol–water partition coefficient (Wildman–Crippen LogP) is 14.0. The number of rotatable bonds is 5. The normalized spacial score (nSPS) is 16.1. The van der Waals surface area contributed by atoms with Crippen molar-refractivity contribution in [3.05, 3.63) is 216 Å². The molecule has 0 spiro atoms. The van der Waals surface area contributed by atoms with Crippen molar-refractivity contribution in [2.75, 3.05) is 4.90 Å². The van der Waals surface area contributed by atoms with Crippen LogP contribution in [0, 0.1) is 0 Å². The molecule has 0 N–H and O–H groups in total. The van der Waals surface area contributed by atoms with Crippen LogP contribution in [-0.2, 0) is 10.8 Å². The van der Waals surface area contributed by atoms with Crippen LogP contribution in [0.1, 0.15) is 48.6 Å². The maximum Gasteiger partial charge on any atom is 0.165 e. The molecular formula is C56H40N4. The molecular weight excluding hydrogens is 729 g/mol. The van der Waals surface area contributed by atoms with Gasteiger partial charge < -0.3 is 4.90 Å². The van der Waals surface area contributed by atoms with Gasteiger partial charge in [-0.2, -0.15) is 0 Å². The van der Waals surface area contributed by atoms with E-state index in [-0.39, 0.29) is 5.41 Å². The molecule has 0 bridgehead atoms. The number of hydrogen-bond donors (Lipinski definition) is 0. The van der Waals surface area contributed by atoms with Gasteiger partial charge in [0.2, 0.25) is 0 Å². The summed E-state index contributed by atoms with van der Waals surface area (Å²) in [5, 5.41) is 0. The van der Waals surface area contributed by atoms with Gasteiger partial charge in [0, 0.05) is 38.8 Å². The van der Waals surface area contributed by atoms with E-state index in [1.807, 2.05) is 6.07 Å². The third-order valence-electron chi connectivity index (χ3n) is 13.3. The van der Waals surface area contributed by atoms with E-state index in [2.05, 4.69) is 208 Å². The van der Waals surface area contributed by atoms with Crippen LogP contribution in [0.4, 0.5) is 17.1 Å². The zero-order valence-corrected chi connectivity index (χ0v) is 33.7. The molecule has 0 saturated heterocycles. The Morgan fingerprint density at radius 3 is 1.55 bits per heavy atom. The first kappa shape index (κ1) is 34.6. The summed E-state index contributed by atoms with van der Waals surface area (Å²) in [4.78, 5) is 19.1. The van der Waals surface area contributed by atoms with Gasteiger partial charge in [-0.05, 0) is 80.8 Å². The van der Waals surface area contributed by atoms with Crippen LogP contribution < -0.4 is 4.90 Å². The van der Waals surface area contributed by atoms with E-state index in [4.69, 9.17) is 15.0 Å². The fourth-order valence-electron chi connectivity index (χ4n) is 10.7. The van der Waals surface area contributed by atoms with Crippen LogP contribution >= 0.6 is 0 Å². The Labute approximate surface area is 350 Å². The molecule has 8 aromatic carbocycles. The summed E-state index contributed by atoms with van der Waals surface area (Å²) in [5.41, 5.74) is 19.2. The lowest BCUT2D eigenvalue weighted by molar-refractivity contribution is 0.648. The second-order valence-electron chi connectivity index (χ2n) is 16.8. The minimum atomic E-state index is -0.463. The molecule has 0 saturated carbocycles. The third-order valence-corrected chi connectivity index (χ3v) is 13.3. The minimum absolute atomic E-state index is 0.363. The van der Waals surface area contributed by atoms with Crippen LogP contribution in [0.15, 0.2) is 188 Å². The SMILES string of the molecule is CC1(C)c2ccccc2-c2c(-c3nc(-c4ccccc4)nc(-c4ccccc4-c4ccccc4)n3)c3c4c(c21)N(c1ccccc1)c1ccccc1C4(C)c1ccccc1-3. The van der Waals surface area contributed by atoms with Crippen LogP contribution in [-0.4, -0.2) is 15.0 Å². The molecule has 60 heavy (non-hydrogen) atoms. The lowest BCUT2D eigenvalue weighted by Crippen LogP contribution is -2.34. The summed E-state index contributed by atoms with van der Waals surface area (Å²) in [6.45, 7) is 7.24. The van der Waals surface area contributed by atoms with Gasteiger partial charge in [-0.15, -0.1) is 0 Å². The van der Waals surface area contributed by atoms with Crippen LogP contribution in [0.2, 0.25) is 0 Å². The maximum atomic E-state index is 5.64. The van der Waals surface area contributed by atoms with Crippen molar-refractivity contribution >= 4 is 17.1 Å². The van der Waals surface area contributed by atoms with Crippen molar-refractivity contribution in [3.63, 3.8) is 0 Å². The molecule has 0 radical (unpaired) electrons. The second kappa shape index (κ2) is 12.8. The van der Waals surface area contributed by atoms with Gasteiger partial charge in [0.05, 0.1) is 11.4 Å². The highest BCUT2D eigenvalue weighted by atomic mass is 15.2. The van der Waals surface area contributed by atoms with E-state index in [9.17, 15) is 0 Å². The van der Waals surface area contributed by atoms with E-state index >= 15 is 0 Å². The smallest absolute Gasteiger partial charge is 0.165 e. The van der Waals surface area contributed by atoms with Crippen LogP contribution in [0.3, 0.4) is 0 Å². The van der Waals surface area contributed by atoms with Gasteiger partial charge >= 0.3 is 0 Å². The summed E-state index contributed by atoms with van der Waals surface area (Å²) in [6.07, 6.45) is 0. The first-order valence-corrected chi connectivity index (χ1v) is 20.8. The molecule has 12 rings (SSSR count). The first-order chi connectivity index (χ1) is 29.4. The maximum absolute atomic E-state index is 5.64. The van der Waals surface area contributed by atoms with Gasteiger partial charge in [0.25, 0.3) is 0 Å².